The molecule has 1 atom stereocenters. The van der Waals surface area contributed by atoms with Crippen molar-refractivity contribution >= 4 is 5.65 Å². The summed E-state index contributed by atoms with van der Waals surface area (Å²) in [7, 11) is 0. The van der Waals surface area contributed by atoms with E-state index in [1.807, 2.05) is 6.07 Å². The maximum absolute atomic E-state index is 4.59. The second-order valence-corrected chi connectivity index (χ2v) is 4.57. The van der Waals surface area contributed by atoms with Crippen molar-refractivity contribution in [3.8, 4) is 0 Å². The van der Waals surface area contributed by atoms with E-state index in [4.69, 9.17) is 0 Å². The minimum Gasteiger partial charge on any atom is -0.314 e. The molecule has 1 aliphatic rings. The first-order chi connectivity index (χ1) is 7.84. The quantitative estimate of drug-likeness (QED) is 0.829. The summed E-state index contributed by atoms with van der Waals surface area (Å²) in [6.45, 7) is 3.28. The Morgan fingerprint density at radius 1 is 1.50 bits per heavy atom. The average Bonchev–Trinajstić information content (AvgIpc) is 2.89. The van der Waals surface area contributed by atoms with Crippen molar-refractivity contribution in [3.63, 3.8) is 0 Å². The number of fused-ring (bicyclic) bond motifs is 1. The molecule has 0 amide bonds. The standard InChI is InChI=1S/C13H17N3/c1-10-12(9-11-5-4-7-14-11)16-8-3-2-6-13(16)15-10/h2-3,6,8,11,14H,4-5,7,9H2,1H3. The lowest BCUT2D eigenvalue weighted by Crippen LogP contribution is -2.24. The van der Waals surface area contributed by atoms with Gasteiger partial charge in [-0.1, -0.05) is 6.07 Å². The summed E-state index contributed by atoms with van der Waals surface area (Å²) in [5.74, 6) is 0. The fourth-order valence-corrected chi connectivity index (χ4v) is 2.57. The van der Waals surface area contributed by atoms with E-state index in [2.05, 4.69) is 40.0 Å². The third kappa shape index (κ3) is 1.61. The molecule has 0 spiro atoms. The molecule has 0 saturated carbocycles. The van der Waals surface area contributed by atoms with Crippen molar-refractivity contribution in [1.29, 1.82) is 0 Å². The van der Waals surface area contributed by atoms with E-state index in [9.17, 15) is 0 Å². The van der Waals surface area contributed by atoms with Crippen LogP contribution in [-0.4, -0.2) is 22.0 Å². The summed E-state index contributed by atoms with van der Waals surface area (Å²) in [4.78, 5) is 4.59. The number of nitrogens with zero attached hydrogens (tertiary/aromatic N) is 2. The number of nitrogens with one attached hydrogen (secondary N) is 1. The Labute approximate surface area is 95.5 Å². The van der Waals surface area contributed by atoms with Crippen LogP contribution in [0.25, 0.3) is 5.65 Å². The van der Waals surface area contributed by atoms with E-state index in [1.165, 1.54) is 30.8 Å². The first-order valence-electron chi connectivity index (χ1n) is 6.00. The largest absolute Gasteiger partial charge is 0.314 e. The topological polar surface area (TPSA) is 29.3 Å². The van der Waals surface area contributed by atoms with E-state index < -0.39 is 0 Å². The number of hydrogen-bond acceptors (Lipinski definition) is 2. The van der Waals surface area contributed by atoms with Crippen LogP contribution in [0.15, 0.2) is 24.4 Å². The maximum Gasteiger partial charge on any atom is 0.137 e. The number of hydrogen-bond donors (Lipinski definition) is 1. The zero-order valence-corrected chi connectivity index (χ0v) is 9.61. The van der Waals surface area contributed by atoms with Gasteiger partial charge in [0, 0.05) is 24.4 Å². The number of rotatable bonds is 2. The molecular weight excluding hydrogens is 198 g/mol. The Kier molecular flexibility index (Phi) is 2.40. The molecule has 2 aromatic rings. The highest BCUT2D eigenvalue weighted by atomic mass is 15.0. The van der Waals surface area contributed by atoms with Crippen LogP contribution in [0.2, 0.25) is 0 Å². The molecule has 0 bridgehead atoms. The molecule has 1 saturated heterocycles. The minimum absolute atomic E-state index is 0.638. The lowest BCUT2D eigenvalue weighted by molar-refractivity contribution is 0.591. The Hall–Kier alpha value is -1.35. The summed E-state index contributed by atoms with van der Waals surface area (Å²) in [6, 6.07) is 6.82. The highest BCUT2D eigenvalue weighted by Crippen LogP contribution is 2.17. The molecular formula is C13H17N3. The normalized spacial score (nSPS) is 20.7. The van der Waals surface area contributed by atoms with E-state index in [1.54, 1.807) is 0 Å². The molecule has 1 aliphatic heterocycles. The predicted octanol–water partition coefficient (Wildman–Crippen LogP) is 1.94. The van der Waals surface area contributed by atoms with Crippen molar-refractivity contribution in [3.05, 3.63) is 35.8 Å². The maximum atomic E-state index is 4.59. The summed E-state index contributed by atoms with van der Waals surface area (Å²) < 4.78 is 2.22. The molecule has 0 aromatic carbocycles. The zero-order valence-electron chi connectivity index (χ0n) is 9.61. The minimum atomic E-state index is 0.638. The molecule has 1 N–H and O–H groups in total. The van der Waals surface area contributed by atoms with E-state index >= 15 is 0 Å². The van der Waals surface area contributed by atoms with Crippen LogP contribution in [0, 0.1) is 6.92 Å². The number of pyridine rings is 1. The van der Waals surface area contributed by atoms with Crippen molar-refractivity contribution in [2.45, 2.75) is 32.2 Å². The molecule has 3 heterocycles. The zero-order chi connectivity index (χ0) is 11.0. The van der Waals surface area contributed by atoms with Gasteiger partial charge in [0.2, 0.25) is 0 Å². The molecule has 2 aromatic heterocycles. The molecule has 16 heavy (non-hydrogen) atoms. The third-order valence-corrected chi connectivity index (χ3v) is 3.43. The van der Waals surface area contributed by atoms with Gasteiger partial charge in [-0.2, -0.15) is 0 Å². The fourth-order valence-electron chi connectivity index (χ4n) is 2.57. The van der Waals surface area contributed by atoms with Crippen molar-refractivity contribution in [2.75, 3.05) is 6.54 Å². The van der Waals surface area contributed by atoms with E-state index in [0.717, 1.165) is 12.1 Å². The first-order valence-corrected chi connectivity index (χ1v) is 6.00. The van der Waals surface area contributed by atoms with Gasteiger partial charge >= 0.3 is 0 Å². The molecule has 0 radical (unpaired) electrons. The summed E-state index contributed by atoms with van der Waals surface area (Å²) in [5.41, 5.74) is 3.59. The Bertz CT molecular complexity index is 495. The van der Waals surface area contributed by atoms with Crippen LogP contribution >= 0.6 is 0 Å². The van der Waals surface area contributed by atoms with Gasteiger partial charge in [0.05, 0.1) is 5.69 Å². The first kappa shape index (κ1) is 9.85. The Morgan fingerprint density at radius 2 is 2.44 bits per heavy atom. The lowest BCUT2D eigenvalue weighted by atomic mass is 10.1. The molecule has 84 valence electrons. The van der Waals surface area contributed by atoms with E-state index in [0.29, 0.717) is 6.04 Å². The summed E-state index contributed by atoms with van der Waals surface area (Å²) in [5, 5.41) is 3.55. The van der Waals surface area contributed by atoms with Crippen LogP contribution in [0.3, 0.4) is 0 Å². The smallest absolute Gasteiger partial charge is 0.137 e. The van der Waals surface area contributed by atoms with Crippen molar-refractivity contribution < 1.29 is 0 Å². The molecule has 3 heteroatoms. The van der Waals surface area contributed by atoms with Gasteiger partial charge < -0.3 is 9.72 Å². The Balaban J connectivity index is 1.98. The van der Waals surface area contributed by atoms with Crippen LogP contribution in [0.4, 0.5) is 0 Å². The fraction of sp³-hybridized carbons (Fsp3) is 0.462. The SMILES string of the molecule is Cc1nc2ccccn2c1CC1CCCN1. The predicted molar refractivity (Wildman–Crippen MR) is 64.7 cm³/mol. The van der Waals surface area contributed by atoms with Gasteiger partial charge in [0.15, 0.2) is 0 Å². The van der Waals surface area contributed by atoms with Gasteiger partial charge in [-0.05, 0) is 38.4 Å². The summed E-state index contributed by atoms with van der Waals surface area (Å²) >= 11 is 0. The van der Waals surface area contributed by atoms with Crippen LogP contribution in [-0.2, 0) is 6.42 Å². The van der Waals surface area contributed by atoms with E-state index in [-0.39, 0.29) is 0 Å². The van der Waals surface area contributed by atoms with Gasteiger partial charge in [-0.25, -0.2) is 4.98 Å². The number of aryl methyl sites for hydroxylation is 1. The van der Waals surface area contributed by atoms with Gasteiger partial charge in [0.25, 0.3) is 0 Å². The monoisotopic (exact) mass is 215 g/mol. The van der Waals surface area contributed by atoms with Crippen molar-refractivity contribution in [2.24, 2.45) is 0 Å². The van der Waals surface area contributed by atoms with Crippen LogP contribution in [0.1, 0.15) is 24.2 Å². The molecule has 1 unspecified atom stereocenters. The highest BCUT2D eigenvalue weighted by molar-refractivity contribution is 5.43. The third-order valence-electron chi connectivity index (χ3n) is 3.43. The second-order valence-electron chi connectivity index (χ2n) is 4.57. The average molecular weight is 215 g/mol. The van der Waals surface area contributed by atoms with Gasteiger partial charge in [-0.15, -0.1) is 0 Å². The van der Waals surface area contributed by atoms with Crippen LogP contribution in [0.5, 0.6) is 0 Å². The van der Waals surface area contributed by atoms with Crippen molar-refractivity contribution in [1.82, 2.24) is 14.7 Å². The summed E-state index contributed by atoms with van der Waals surface area (Å²) in [6.07, 6.45) is 5.80. The lowest BCUT2D eigenvalue weighted by Gasteiger charge is -2.10. The molecule has 3 rings (SSSR count). The second kappa shape index (κ2) is 3.91. The molecule has 1 fully saturated rings. The molecule has 0 aliphatic carbocycles. The Morgan fingerprint density at radius 3 is 3.25 bits per heavy atom. The number of aromatic nitrogens is 2. The highest BCUT2D eigenvalue weighted by Gasteiger charge is 2.18. The van der Waals surface area contributed by atoms with Crippen LogP contribution < -0.4 is 5.32 Å². The van der Waals surface area contributed by atoms with Gasteiger partial charge in [0.1, 0.15) is 5.65 Å². The van der Waals surface area contributed by atoms with Gasteiger partial charge in [-0.3, -0.25) is 0 Å². The molecule has 3 nitrogen and oxygen atoms in total. The number of imidazole rings is 1.